The van der Waals surface area contributed by atoms with Crippen LogP contribution in [-0.2, 0) is 9.59 Å². The Kier molecular flexibility index (Phi) is 8.56. The van der Waals surface area contributed by atoms with Gasteiger partial charge in [-0.15, -0.1) is 0 Å². The minimum Gasteiger partial charge on any atom is -0.497 e. The molecule has 0 radical (unpaired) electrons. The molecule has 0 heterocycles. The van der Waals surface area contributed by atoms with Crippen molar-refractivity contribution in [1.29, 1.82) is 0 Å². The molecule has 3 amide bonds. The second kappa shape index (κ2) is 11.4. The van der Waals surface area contributed by atoms with Gasteiger partial charge in [0.2, 0.25) is 11.8 Å². The van der Waals surface area contributed by atoms with Crippen LogP contribution in [0.2, 0.25) is 0 Å². The van der Waals surface area contributed by atoms with E-state index in [1.807, 2.05) is 0 Å². The van der Waals surface area contributed by atoms with Gasteiger partial charge in [-0.3, -0.25) is 19.2 Å². The zero-order chi connectivity index (χ0) is 21.9. The Morgan fingerprint density at radius 1 is 0.933 bits per heavy atom. The average Bonchev–Trinajstić information content (AvgIpc) is 2.73. The van der Waals surface area contributed by atoms with E-state index in [9.17, 15) is 19.2 Å². The smallest absolute Gasteiger partial charge is 0.253 e. The molecule has 2 rings (SSSR count). The second-order valence-electron chi connectivity index (χ2n) is 6.57. The number of carbonyl (C=O) groups excluding carboxylic acids is 4. The molecule has 0 bridgehead atoms. The summed E-state index contributed by atoms with van der Waals surface area (Å²) in [6, 6.07) is 13.4. The summed E-state index contributed by atoms with van der Waals surface area (Å²) < 4.78 is 5.06. The number of amides is 3. The lowest BCUT2D eigenvalue weighted by Gasteiger charge is -2.11. The van der Waals surface area contributed by atoms with Crippen LogP contribution >= 0.6 is 0 Å². The number of benzene rings is 2. The minimum absolute atomic E-state index is 0.0302. The molecule has 158 valence electrons. The van der Waals surface area contributed by atoms with E-state index < -0.39 is 11.8 Å². The lowest BCUT2D eigenvalue weighted by atomic mass is 10.1. The van der Waals surface area contributed by atoms with Crippen molar-refractivity contribution in [2.24, 2.45) is 5.73 Å². The van der Waals surface area contributed by atoms with Crippen LogP contribution in [0.3, 0.4) is 0 Å². The number of Topliss-reactive ketones (excluding diaryl/α,β-unsaturated/α-hetero) is 1. The first-order valence-corrected chi connectivity index (χ1v) is 9.53. The van der Waals surface area contributed by atoms with Gasteiger partial charge in [-0.2, -0.15) is 0 Å². The summed E-state index contributed by atoms with van der Waals surface area (Å²) in [5.74, 6) is -0.610. The number of hydrogen-bond acceptors (Lipinski definition) is 5. The van der Waals surface area contributed by atoms with Gasteiger partial charge in [0.15, 0.2) is 5.78 Å². The zero-order valence-corrected chi connectivity index (χ0v) is 16.8. The van der Waals surface area contributed by atoms with Gasteiger partial charge in [0.25, 0.3) is 5.91 Å². The molecule has 0 spiro atoms. The highest BCUT2D eigenvalue weighted by atomic mass is 16.5. The lowest BCUT2D eigenvalue weighted by molar-refractivity contribution is -0.118. The molecular formula is C22H25N3O5. The predicted molar refractivity (Wildman–Crippen MR) is 112 cm³/mol. The van der Waals surface area contributed by atoms with Crippen LogP contribution in [0.4, 0.5) is 5.69 Å². The number of hydrogen-bond donors (Lipinski definition) is 3. The minimum atomic E-state index is -0.513. The normalized spacial score (nSPS) is 10.2. The maximum absolute atomic E-state index is 12.3. The summed E-state index contributed by atoms with van der Waals surface area (Å²) in [7, 11) is 1.55. The first kappa shape index (κ1) is 22.6. The highest BCUT2D eigenvalue weighted by Gasteiger charge is 2.14. The summed E-state index contributed by atoms with van der Waals surface area (Å²) in [4.78, 5) is 47.5. The van der Waals surface area contributed by atoms with Gasteiger partial charge >= 0.3 is 0 Å². The van der Waals surface area contributed by atoms with E-state index >= 15 is 0 Å². The van der Waals surface area contributed by atoms with Crippen molar-refractivity contribution in [2.45, 2.75) is 25.7 Å². The molecule has 4 N–H and O–H groups in total. The van der Waals surface area contributed by atoms with E-state index in [2.05, 4.69) is 10.6 Å². The van der Waals surface area contributed by atoms with Crippen molar-refractivity contribution in [2.75, 3.05) is 19.0 Å². The Bertz CT molecular complexity index is 909. The summed E-state index contributed by atoms with van der Waals surface area (Å²) in [6.45, 7) is 0.115. The standard InChI is InChI=1S/C22H25N3O5/c1-30-16-11-9-15(10-12-16)19(26)7-4-8-21(28)25-18-6-3-2-5-17(18)22(29)24-14-13-20(23)27/h2-3,5-6,9-12H,4,7-8,13-14H2,1H3,(H2,23,27)(H,24,29)(H,25,28). The molecular weight excluding hydrogens is 386 g/mol. The van der Waals surface area contributed by atoms with Crippen LogP contribution < -0.4 is 21.1 Å². The third kappa shape index (κ3) is 7.05. The molecule has 8 nitrogen and oxygen atoms in total. The van der Waals surface area contributed by atoms with E-state index in [4.69, 9.17) is 10.5 Å². The molecule has 0 aliphatic carbocycles. The number of nitrogens with two attached hydrogens (primary N) is 1. The topological polar surface area (TPSA) is 128 Å². The number of ether oxygens (including phenoxy) is 1. The van der Waals surface area contributed by atoms with Crippen molar-refractivity contribution in [1.82, 2.24) is 5.32 Å². The number of anilines is 1. The molecule has 2 aromatic carbocycles. The van der Waals surface area contributed by atoms with Crippen molar-refractivity contribution in [3.63, 3.8) is 0 Å². The molecule has 0 saturated heterocycles. The highest BCUT2D eigenvalue weighted by molar-refractivity contribution is 6.04. The predicted octanol–water partition coefficient (Wildman–Crippen LogP) is 2.29. The Balaban J connectivity index is 1.85. The first-order chi connectivity index (χ1) is 14.4. The van der Waals surface area contributed by atoms with Crippen molar-refractivity contribution >= 4 is 29.2 Å². The Hall–Kier alpha value is -3.68. The molecule has 0 atom stereocenters. The summed E-state index contributed by atoms with van der Waals surface area (Å²) in [5, 5.41) is 5.28. The zero-order valence-electron chi connectivity index (χ0n) is 16.8. The van der Waals surface area contributed by atoms with Gasteiger partial charge in [0.1, 0.15) is 5.75 Å². The lowest BCUT2D eigenvalue weighted by Crippen LogP contribution is -2.28. The van der Waals surface area contributed by atoms with Crippen molar-refractivity contribution in [3.05, 3.63) is 59.7 Å². The largest absolute Gasteiger partial charge is 0.497 e. The van der Waals surface area contributed by atoms with Crippen LogP contribution in [0.5, 0.6) is 5.75 Å². The van der Waals surface area contributed by atoms with Crippen LogP contribution in [0, 0.1) is 0 Å². The maximum atomic E-state index is 12.3. The molecule has 0 aliphatic rings. The average molecular weight is 411 g/mol. The summed E-state index contributed by atoms with van der Waals surface area (Å²) in [6.07, 6.45) is 0.778. The van der Waals surface area contributed by atoms with Gasteiger partial charge in [-0.25, -0.2) is 0 Å². The molecule has 2 aromatic rings. The van der Waals surface area contributed by atoms with Crippen molar-refractivity contribution < 1.29 is 23.9 Å². The van der Waals surface area contributed by atoms with Crippen LogP contribution in [0.15, 0.2) is 48.5 Å². The SMILES string of the molecule is COc1ccc(C(=O)CCCC(=O)Nc2ccccc2C(=O)NCCC(N)=O)cc1. The number of para-hydroxylation sites is 1. The number of ketones is 1. The molecule has 0 saturated carbocycles. The maximum Gasteiger partial charge on any atom is 0.253 e. The molecule has 0 fully saturated rings. The van der Waals surface area contributed by atoms with Crippen LogP contribution in [0.25, 0.3) is 0 Å². The highest BCUT2D eigenvalue weighted by Crippen LogP contribution is 2.17. The van der Waals surface area contributed by atoms with E-state index in [0.717, 1.165) is 0 Å². The van der Waals surface area contributed by atoms with Gasteiger partial charge in [-0.1, -0.05) is 12.1 Å². The number of primary amides is 1. The Labute approximate surface area is 174 Å². The van der Waals surface area contributed by atoms with Gasteiger partial charge in [0.05, 0.1) is 18.4 Å². The number of methoxy groups -OCH3 is 1. The van der Waals surface area contributed by atoms with E-state index in [0.29, 0.717) is 23.4 Å². The number of rotatable bonds is 11. The summed E-state index contributed by atoms with van der Waals surface area (Å²) in [5.41, 5.74) is 6.26. The van der Waals surface area contributed by atoms with Crippen molar-refractivity contribution in [3.8, 4) is 5.75 Å². The van der Waals surface area contributed by atoms with Crippen LogP contribution in [0.1, 0.15) is 46.4 Å². The number of nitrogens with one attached hydrogen (secondary N) is 2. The molecule has 0 unspecified atom stereocenters. The molecule has 8 heteroatoms. The quantitative estimate of drug-likeness (QED) is 0.489. The van der Waals surface area contributed by atoms with Gasteiger partial charge in [-0.05, 0) is 42.8 Å². The van der Waals surface area contributed by atoms with E-state index in [1.54, 1.807) is 55.6 Å². The first-order valence-electron chi connectivity index (χ1n) is 9.53. The van der Waals surface area contributed by atoms with E-state index in [-0.39, 0.29) is 43.1 Å². The Morgan fingerprint density at radius 3 is 2.30 bits per heavy atom. The third-order valence-electron chi connectivity index (χ3n) is 4.32. The fraction of sp³-hybridized carbons (Fsp3) is 0.273. The fourth-order valence-corrected chi connectivity index (χ4v) is 2.73. The summed E-state index contributed by atoms with van der Waals surface area (Å²) >= 11 is 0. The molecule has 30 heavy (non-hydrogen) atoms. The third-order valence-corrected chi connectivity index (χ3v) is 4.32. The van der Waals surface area contributed by atoms with Gasteiger partial charge < -0.3 is 21.1 Å². The van der Waals surface area contributed by atoms with Crippen LogP contribution in [-0.4, -0.2) is 37.2 Å². The monoisotopic (exact) mass is 411 g/mol. The van der Waals surface area contributed by atoms with E-state index in [1.165, 1.54) is 0 Å². The fourth-order valence-electron chi connectivity index (χ4n) is 2.73. The Morgan fingerprint density at radius 2 is 1.63 bits per heavy atom. The second-order valence-corrected chi connectivity index (χ2v) is 6.57. The van der Waals surface area contributed by atoms with Gasteiger partial charge in [0, 0.05) is 31.4 Å². The molecule has 0 aliphatic heterocycles. The number of carbonyl (C=O) groups is 4. The molecule has 0 aromatic heterocycles.